The number of hydrogen-bond acceptors (Lipinski definition) is 3. The van der Waals surface area contributed by atoms with E-state index in [0.29, 0.717) is 0 Å². The zero-order chi connectivity index (χ0) is 12.0. The molecule has 0 saturated heterocycles. The molecule has 0 aliphatic carbocycles. The molecule has 0 bridgehead atoms. The van der Waals surface area contributed by atoms with Crippen LogP contribution in [-0.4, -0.2) is 11.3 Å². The second kappa shape index (κ2) is 6.29. The Morgan fingerprint density at radius 3 is 2.62 bits per heavy atom. The van der Waals surface area contributed by atoms with Crippen molar-refractivity contribution in [1.82, 2.24) is 0 Å². The summed E-state index contributed by atoms with van der Waals surface area (Å²) in [5.74, 6) is 0.996. The Kier molecular flexibility index (Phi) is 5.33. The van der Waals surface area contributed by atoms with Gasteiger partial charge in [0.2, 0.25) is 0 Å². The number of hydrogen-bond donors (Lipinski definition) is 1. The summed E-state index contributed by atoms with van der Waals surface area (Å²) in [7, 11) is 0. The fourth-order valence-electron chi connectivity index (χ4n) is 1.22. The van der Waals surface area contributed by atoms with E-state index in [0.717, 1.165) is 23.1 Å². The van der Waals surface area contributed by atoms with Crippen LogP contribution >= 0.6 is 27.7 Å². The summed E-state index contributed by atoms with van der Waals surface area (Å²) in [6, 6.07) is 10.3. The molecule has 1 rings (SSSR count). The maximum absolute atomic E-state index is 8.75. The first-order chi connectivity index (χ1) is 7.53. The van der Waals surface area contributed by atoms with Crippen LogP contribution in [-0.2, 0) is 0 Å². The third kappa shape index (κ3) is 5.02. The number of thioether (sulfide) groups is 1. The molecular weight excluding hydrogens is 284 g/mol. The van der Waals surface area contributed by atoms with Crippen LogP contribution in [0.5, 0.6) is 0 Å². The molecule has 0 aromatic heterocycles. The average Bonchev–Trinajstić information content (AvgIpc) is 2.27. The number of benzene rings is 1. The van der Waals surface area contributed by atoms with E-state index in [1.54, 1.807) is 18.7 Å². The van der Waals surface area contributed by atoms with E-state index in [4.69, 9.17) is 11.0 Å². The first-order valence-electron chi connectivity index (χ1n) is 5.12. The van der Waals surface area contributed by atoms with Crippen LogP contribution in [0, 0.1) is 11.3 Å². The molecule has 0 aliphatic heterocycles. The second-order valence-electron chi connectivity index (χ2n) is 3.94. The van der Waals surface area contributed by atoms with Crippen molar-refractivity contribution in [2.24, 2.45) is 5.73 Å². The monoisotopic (exact) mass is 298 g/mol. The molecule has 0 aliphatic rings. The molecule has 0 amide bonds. The molecule has 2 nitrogen and oxygen atoms in total. The van der Waals surface area contributed by atoms with Crippen LogP contribution in [0.4, 0.5) is 0 Å². The second-order valence-corrected chi connectivity index (χ2v) is 6.02. The van der Waals surface area contributed by atoms with Crippen LogP contribution < -0.4 is 5.73 Å². The molecule has 0 heterocycles. The molecule has 0 spiro atoms. The lowest BCUT2D eigenvalue weighted by molar-refractivity contribution is 0.540. The van der Waals surface area contributed by atoms with Crippen molar-refractivity contribution in [2.45, 2.75) is 30.2 Å². The van der Waals surface area contributed by atoms with Crippen LogP contribution in [0.1, 0.15) is 19.8 Å². The molecule has 1 atom stereocenters. The van der Waals surface area contributed by atoms with E-state index in [2.05, 4.69) is 34.1 Å². The quantitative estimate of drug-likeness (QED) is 0.668. The van der Waals surface area contributed by atoms with Crippen LogP contribution in [0.25, 0.3) is 0 Å². The molecule has 16 heavy (non-hydrogen) atoms. The smallest absolute Gasteiger partial charge is 0.101 e. The predicted molar refractivity (Wildman–Crippen MR) is 72.3 cm³/mol. The Morgan fingerprint density at radius 2 is 2.06 bits per heavy atom. The largest absolute Gasteiger partial charge is 0.314 e. The van der Waals surface area contributed by atoms with Gasteiger partial charge in [0.25, 0.3) is 0 Å². The zero-order valence-corrected chi connectivity index (χ0v) is 11.6. The molecule has 0 saturated carbocycles. The highest BCUT2D eigenvalue weighted by atomic mass is 79.9. The maximum Gasteiger partial charge on any atom is 0.101 e. The molecule has 1 unspecified atom stereocenters. The minimum absolute atomic E-state index is 0.680. The molecular formula is C12H15BrN2S. The third-order valence-corrected chi connectivity index (χ3v) is 3.81. The van der Waals surface area contributed by atoms with Crippen LogP contribution in [0.3, 0.4) is 0 Å². The SMILES string of the molecule is CC(N)(C#N)CCCSc1ccc(Br)cc1. The van der Waals surface area contributed by atoms with Gasteiger partial charge < -0.3 is 5.73 Å². The molecule has 0 radical (unpaired) electrons. The van der Waals surface area contributed by atoms with Gasteiger partial charge in [0, 0.05) is 9.37 Å². The van der Waals surface area contributed by atoms with Gasteiger partial charge in [-0.25, -0.2) is 0 Å². The molecule has 86 valence electrons. The van der Waals surface area contributed by atoms with Crippen molar-refractivity contribution in [2.75, 3.05) is 5.75 Å². The Bertz CT molecular complexity index is 368. The zero-order valence-electron chi connectivity index (χ0n) is 9.24. The van der Waals surface area contributed by atoms with Gasteiger partial charge in [-0.15, -0.1) is 11.8 Å². The summed E-state index contributed by atoms with van der Waals surface area (Å²) < 4.78 is 1.09. The predicted octanol–water partition coefficient (Wildman–Crippen LogP) is 3.56. The van der Waals surface area contributed by atoms with Crippen molar-refractivity contribution >= 4 is 27.7 Å². The topological polar surface area (TPSA) is 49.8 Å². The van der Waals surface area contributed by atoms with Crippen molar-refractivity contribution in [3.8, 4) is 6.07 Å². The van der Waals surface area contributed by atoms with Gasteiger partial charge in [0.05, 0.1) is 6.07 Å². The van der Waals surface area contributed by atoms with Crippen molar-refractivity contribution in [1.29, 1.82) is 5.26 Å². The minimum atomic E-state index is -0.680. The highest BCUT2D eigenvalue weighted by Crippen LogP contribution is 2.22. The van der Waals surface area contributed by atoms with E-state index in [1.165, 1.54) is 4.90 Å². The van der Waals surface area contributed by atoms with Crippen molar-refractivity contribution < 1.29 is 0 Å². The average molecular weight is 299 g/mol. The van der Waals surface area contributed by atoms with Gasteiger partial charge in [0.1, 0.15) is 5.54 Å². The van der Waals surface area contributed by atoms with Gasteiger partial charge in [-0.05, 0) is 49.8 Å². The van der Waals surface area contributed by atoms with Crippen molar-refractivity contribution in [3.63, 3.8) is 0 Å². The Morgan fingerprint density at radius 1 is 1.44 bits per heavy atom. The summed E-state index contributed by atoms with van der Waals surface area (Å²) in [6.45, 7) is 1.78. The van der Waals surface area contributed by atoms with E-state index in [-0.39, 0.29) is 0 Å². The maximum atomic E-state index is 8.75. The van der Waals surface area contributed by atoms with E-state index in [9.17, 15) is 0 Å². The fraction of sp³-hybridized carbons (Fsp3) is 0.417. The molecule has 1 aromatic carbocycles. The lowest BCUT2D eigenvalue weighted by Gasteiger charge is -2.14. The van der Waals surface area contributed by atoms with E-state index < -0.39 is 5.54 Å². The Hall–Kier alpha value is -0.500. The lowest BCUT2D eigenvalue weighted by Crippen LogP contribution is -2.33. The third-order valence-electron chi connectivity index (χ3n) is 2.18. The molecule has 1 aromatic rings. The highest BCUT2D eigenvalue weighted by Gasteiger charge is 2.15. The number of halogens is 1. The van der Waals surface area contributed by atoms with E-state index in [1.807, 2.05) is 12.1 Å². The van der Waals surface area contributed by atoms with Crippen LogP contribution in [0.15, 0.2) is 33.6 Å². The summed E-state index contributed by atoms with van der Waals surface area (Å²) in [5, 5.41) is 8.75. The molecule has 2 N–H and O–H groups in total. The summed E-state index contributed by atoms with van der Waals surface area (Å²) in [6.07, 6.45) is 1.70. The van der Waals surface area contributed by atoms with Crippen LogP contribution in [0.2, 0.25) is 0 Å². The van der Waals surface area contributed by atoms with Gasteiger partial charge >= 0.3 is 0 Å². The summed E-state index contributed by atoms with van der Waals surface area (Å²) in [4.78, 5) is 1.25. The first kappa shape index (κ1) is 13.6. The number of nitriles is 1. The number of nitrogens with two attached hydrogens (primary N) is 1. The molecule has 4 heteroatoms. The normalized spacial score (nSPS) is 14.1. The van der Waals surface area contributed by atoms with Crippen molar-refractivity contribution in [3.05, 3.63) is 28.7 Å². The standard InChI is InChI=1S/C12H15BrN2S/c1-12(15,9-14)7-2-8-16-11-5-3-10(13)4-6-11/h3-6H,2,7-8,15H2,1H3. The van der Waals surface area contributed by atoms with Gasteiger partial charge in [-0.1, -0.05) is 15.9 Å². The Labute approximate surface area is 109 Å². The summed E-state index contributed by atoms with van der Waals surface area (Å²) >= 11 is 5.20. The van der Waals surface area contributed by atoms with Gasteiger partial charge in [0.15, 0.2) is 0 Å². The fourth-order valence-corrected chi connectivity index (χ4v) is 2.33. The summed E-state index contributed by atoms with van der Waals surface area (Å²) in [5.41, 5.74) is 5.06. The van der Waals surface area contributed by atoms with Gasteiger partial charge in [-0.3, -0.25) is 0 Å². The Balaban J connectivity index is 2.27. The highest BCUT2D eigenvalue weighted by molar-refractivity contribution is 9.10. The number of rotatable bonds is 5. The first-order valence-corrected chi connectivity index (χ1v) is 6.90. The number of nitrogens with zero attached hydrogens (tertiary/aromatic N) is 1. The molecule has 0 fully saturated rings. The van der Waals surface area contributed by atoms with E-state index >= 15 is 0 Å². The lowest BCUT2D eigenvalue weighted by atomic mass is 10.0. The van der Waals surface area contributed by atoms with Gasteiger partial charge in [-0.2, -0.15) is 5.26 Å². The minimum Gasteiger partial charge on any atom is -0.314 e.